The van der Waals surface area contributed by atoms with E-state index >= 15 is 0 Å². The van der Waals surface area contributed by atoms with E-state index < -0.39 is 5.60 Å². The van der Waals surface area contributed by atoms with Crippen molar-refractivity contribution in [3.63, 3.8) is 0 Å². The maximum atomic E-state index is 12.8. The molecule has 0 bridgehead atoms. The minimum absolute atomic E-state index is 0.0277. The van der Waals surface area contributed by atoms with Crippen LogP contribution in [0.5, 0.6) is 5.75 Å². The molecule has 1 aromatic carbocycles. The van der Waals surface area contributed by atoms with Gasteiger partial charge in [-0.3, -0.25) is 9.48 Å². The summed E-state index contributed by atoms with van der Waals surface area (Å²) in [6.07, 6.45) is 3.67. The van der Waals surface area contributed by atoms with Crippen LogP contribution in [0.4, 0.5) is 0 Å². The number of benzene rings is 1. The fourth-order valence-electron chi connectivity index (χ4n) is 3.60. The SMILES string of the molecule is COc1ccc(C(C)(O)C2CCCN2C(=O)Cc2ccnn2C)cc1. The lowest BCUT2D eigenvalue weighted by Crippen LogP contribution is -2.48. The largest absolute Gasteiger partial charge is 0.497 e. The number of carbonyl (C=O) groups is 1. The summed E-state index contributed by atoms with van der Waals surface area (Å²) in [5, 5.41) is 15.3. The average Bonchev–Trinajstić information content (AvgIpc) is 3.25. The minimum Gasteiger partial charge on any atom is -0.497 e. The fourth-order valence-corrected chi connectivity index (χ4v) is 3.60. The van der Waals surface area contributed by atoms with E-state index in [1.54, 1.807) is 24.9 Å². The number of carbonyl (C=O) groups excluding carboxylic acids is 1. The molecule has 1 fully saturated rings. The van der Waals surface area contributed by atoms with E-state index in [-0.39, 0.29) is 11.9 Å². The standard InChI is InChI=1S/C19H25N3O3/c1-19(24,14-6-8-16(25-3)9-7-14)17-5-4-12-22(17)18(23)13-15-10-11-20-21(15)2/h6-11,17,24H,4-5,12-13H2,1-3H3. The number of hydrogen-bond donors (Lipinski definition) is 1. The van der Waals surface area contributed by atoms with E-state index in [0.717, 1.165) is 29.8 Å². The molecule has 6 heteroatoms. The monoisotopic (exact) mass is 343 g/mol. The van der Waals surface area contributed by atoms with Gasteiger partial charge in [0.2, 0.25) is 5.91 Å². The number of likely N-dealkylation sites (tertiary alicyclic amines) is 1. The molecule has 2 atom stereocenters. The van der Waals surface area contributed by atoms with Gasteiger partial charge in [0, 0.05) is 25.5 Å². The summed E-state index contributed by atoms with van der Waals surface area (Å²) >= 11 is 0. The molecular weight excluding hydrogens is 318 g/mol. The molecule has 2 heterocycles. The highest BCUT2D eigenvalue weighted by Crippen LogP contribution is 2.35. The number of nitrogens with zero attached hydrogens (tertiary/aromatic N) is 3. The van der Waals surface area contributed by atoms with Crippen LogP contribution in [0.25, 0.3) is 0 Å². The molecule has 1 aliphatic rings. The average molecular weight is 343 g/mol. The summed E-state index contributed by atoms with van der Waals surface area (Å²) in [7, 11) is 3.44. The second-order valence-electron chi connectivity index (χ2n) is 6.74. The topological polar surface area (TPSA) is 67.6 Å². The lowest BCUT2D eigenvalue weighted by Gasteiger charge is -2.37. The van der Waals surface area contributed by atoms with Crippen LogP contribution in [0.3, 0.4) is 0 Å². The fraction of sp³-hybridized carbons (Fsp3) is 0.474. The molecule has 2 aromatic rings. The highest BCUT2D eigenvalue weighted by atomic mass is 16.5. The highest BCUT2D eigenvalue weighted by Gasteiger charge is 2.42. The first-order valence-electron chi connectivity index (χ1n) is 8.56. The number of aromatic nitrogens is 2. The summed E-state index contributed by atoms with van der Waals surface area (Å²) in [6, 6.07) is 9.01. The number of methoxy groups -OCH3 is 1. The second kappa shape index (κ2) is 6.88. The van der Waals surface area contributed by atoms with E-state index in [4.69, 9.17) is 4.74 Å². The Morgan fingerprint density at radius 1 is 1.36 bits per heavy atom. The number of aryl methyl sites for hydroxylation is 1. The Balaban J connectivity index is 1.79. The van der Waals surface area contributed by atoms with Crippen LogP contribution in [0, 0.1) is 0 Å². The predicted octanol–water partition coefficient (Wildman–Crippen LogP) is 1.87. The van der Waals surface area contributed by atoms with Crippen LogP contribution in [0.2, 0.25) is 0 Å². The van der Waals surface area contributed by atoms with E-state index in [9.17, 15) is 9.90 Å². The van der Waals surface area contributed by atoms with Gasteiger partial charge in [-0.2, -0.15) is 5.10 Å². The van der Waals surface area contributed by atoms with Gasteiger partial charge >= 0.3 is 0 Å². The lowest BCUT2D eigenvalue weighted by atomic mass is 9.86. The zero-order chi connectivity index (χ0) is 18.0. The Bertz CT molecular complexity index is 737. The normalized spacial score (nSPS) is 19.7. The smallest absolute Gasteiger partial charge is 0.228 e. The van der Waals surface area contributed by atoms with Crippen molar-refractivity contribution >= 4 is 5.91 Å². The van der Waals surface area contributed by atoms with Crippen molar-refractivity contribution in [2.24, 2.45) is 7.05 Å². The molecule has 1 aromatic heterocycles. The van der Waals surface area contributed by atoms with Gasteiger partial charge in [-0.05, 0) is 43.5 Å². The Morgan fingerprint density at radius 2 is 2.08 bits per heavy atom. The molecule has 1 amide bonds. The molecule has 2 unspecified atom stereocenters. The Labute approximate surface area is 148 Å². The molecule has 3 rings (SSSR count). The van der Waals surface area contributed by atoms with Crippen LogP contribution < -0.4 is 4.74 Å². The van der Waals surface area contributed by atoms with E-state index in [1.807, 2.05) is 42.3 Å². The molecule has 0 aliphatic carbocycles. The van der Waals surface area contributed by atoms with Gasteiger partial charge in [0.15, 0.2) is 0 Å². The highest BCUT2D eigenvalue weighted by molar-refractivity contribution is 5.79. The van der Waals surface area contributed by atoms with E-state index in [1.165, 1.54) is 0 Å². The first kappa shape index (κ1) is 17.5. The molecule has 1 aliphatic heterocycles. The van der Waals surface area contributed by atoms with Crippen molar-refractivity contribution in [1.29, 1.82) is 0 Å². The Hall–Kier alpha value is -2.34. The zero-order valence-electron chi connectivity index (χ0n) is 15.0. The summed E-state index contributed by atoms with van der Waals surface area (Å²) < 4.78 is 6.90. The maximum Gasteiger partial charge on any atom is 0.228 e. The van der Waals surface area contributed by atoms with Gasteiger partial charge in [-0.15, -0.1) is 0 Å². The summed E-state index contributed by atoms with van der Waals surface area (Å²) in [6.45, 7) is 2.46. The van der Waals surface area contributed by atoms with Gasteiger partial charge in [0.05, 0.1) is 19.6 Å². The van der Waals surface area contributed by atoms with Gasteiger partial charge in [0.1, 0.15) is 11.4 Å². The molecule has 1 saturated heterocycles. The van der Waals surface area contributed by atoms with Crippen LogP contribution in [0.1, 0.15) is 31.0 Å². The predicted molar refractivity (Wildman–Crippen MR) is 94.2 cm³/mol. The van der Waals surface area contributed by atoms with Crippen LogP contribution in [-0.4, -0.2) is 45.4 Å². The molecule has 0 saturated carbocycles. The Morgan fingerprint density at radius 3 is 2.68 bits per heavy atom. The molecule has 0 radical (unpaired) electrons. The zero-order valence-corrected chi connectivity index (χ0v) is 15.0. The third-order valence-corrected chi connectivity index (χ3v) is 5.15. The lowest BCUT2D eigenvalue weighted by molar-refractivity contribution is -0.137. The molecular formula is C19H25N3O3. The number of ether oxygens (including phenoxy) is 1. The second-order valence-corrected chi connectivity index (χ2v) is 6.74. The number of rotatable bonds is 5. The van der Waals surface area contributed by atoms with Gasteiger partial charge in [-0.1, -0.05) is 12.1 Å². The van der Waals surface area contributed by atoms with Crippen molar-refractivity contribution in [3.05, 3.63) is 47.8 Å². The van der Waals surface area contributed by atoms with E-state index in [0.29, 0.717) is 13.0 Å². The third-order valence-electron chi connectivity index (χ3n) is 5.15. The summed E-state index contributed by atoms with van der Waals surface area (Å²) in [4.78, 5) is 14.6. The third kappa shape index (κ3) is 3.39. The van der Waals surface area contributed by atoms with Crippen molar-refractivity contribution in [2.45, 2.75) is 37.8 Å². The van der Waals surface area contributed by atoms with Gasteiger partial charge in [-0.25, -0.2) is 0 Å². The molecule has 1 N–H and O–H groups in total. The number of amides is 1. The van der Waals surface area contributed by atoms with Crippen molar-refractivity contribution in [3.8, 4) is 5.75 Å². The van der Waals surface area contributed by atoms with Crippen LogP contribution in [-0.2, 0) is 23.9 Å². The van der Waals surface area contributed by atoms with Gasteiger partial charge in [0.25, 0.3) is 0 Å². The summed E-state index contributed by atoms with van der Waals surface area (Å²) in [5.41, 5.74) is 0.559. The van der Waals surface area contributed by atoms with E-state index in [2.05, 4.69) is 5.10 Å². The van der Waals surface area contributed by atoms with Crippen LogP contribution >= 0.6 is 0 Å². The summed E-state index contributed by atoms with van der Waals surface area (Å²) in [5.74, 6) is 0.773. The van der Waals surface area contributed by atoms with Gasteiger partial charge < -0.3 is 14.7 Å². The maximum absolute atomic E-state index is 12.8. The van der Waals surface area contributed by atoms with Crippen molar-refractivity contribution < 1.29 is 14.6 Å². The molecule has 6 nitrogen and oxygen atoms in total. The first-order chi connectivity index (χ1) is 11.9. The van der Waals surface area contributed by atoms with Crippen LogP contribution in [0.15, 0.2) is 36.5 Å². The molecule has 25 heavy (non-hydrogen) atoms. The minimum atomic E-state index is -1.11. The quantitative estimate of drug-likeness (QED) is 0.900. The Kier molecular flexibility index (Phi) is 4.81. The number of aliphatic hydroxyl groups is 1. The number of hydrogen-bond acceptors (Lipinski definition) is 4. The van der Waals surface area contributed by atoms with Crippen molar-refractivity contribution in [1.82, 2.24) is 14.7 Å². The van der Waals surface area contributed by atoms with Crippen molar-refractivity contribution in [2.75, 3.05) is 13.7 Å². The molecule has 134 valence electrons. The molecule has 0 spiro atoms. The first-order valence-corrected chi connectivity index (χ1v) is 8.56.